The lowest BCUT2D eigenvalue weighted by Crippen LogP contribution is -2.16. The fourth-order valence-corrected chi connectivity index (χ4v) is 0.916. The predicted octanol–water partition coefficient (Wildman–Crippen LogP) is 0.174. The summed E-state index contributed by atoms with van der Waals surface area (Å²) in [6, 6.07) is 0. The molecule has 1 saturated heterocycles. The maximum absolute atomic E-state index is 5.15. The quantitative estimate of drug-likeness (QED) is 0.554. The maximum Gasteiger partial charge on any atom is 0.0733 e. The lowest BCUT2D eigenvalue weighted by atomic mass is 10.1. The van der Waals surface area contributed by atoms with Crippen LogP contribution >= 0.6 is 0 Å². The minimum absolute atomic E-state index is 0.609. The zero-order valence-electron chi connectivity index (χ0n) is 5.72. The third-order valence-corrected chi connectivity index (χ3v) is 1.49. The van der Waals surface area contributed by atoms with Crippen molar-refractivity contribution in [3.8, 4) is 0 Å². The summed E-state index contributed by atoms with van der Waals surface area (Å²) in [6.07, 6.45) is 1.14. The molecule has 0 bridgehead atoms. The molecule has 1 aliphatic heterocycles. The molecule has 54 valence electrons. The van der Waals surface area contributed by atoms with Gasteiger partial charge in [0, 0.05) is 19.6 Å². The number of hydroxylamine groups is 1. The van der Waals surface area contributed by atoms with Gasteiger partial charge >= 0.3 is 0 Å². The molecular weight excluding hydrogens is 118 g/mol. The molecule has 0 spiro atoms. The molecule has 1 N–H and O–H groups in total. The summed E-state index contributed by atoms with van der Waals surface area (Å²) in [4.78, 5) is 4.99. The molecule has 0 aromatic carbocycles. The van der Waals surface area contributed by atoms with E-state index in [1.165, 1.54) is 0 Å². The summed E-state index contributed by atoms with van der Waals surface area (Å²) in [5.74, 6) is 0.609. The molecule has 3 nitrogen and oxygen atoms in total. The van der Waals surface area contributed by atoms with Crippen molar-refractivity contribution in [1.82, 2.24) is 5.48 Å². The predicted molar refractivity (Wildman–Crippen MR) is 33.9 cm³/mol. The van der Waals surface area contributed by atoms with E-state index in [0.717, 1.165) is 26.2 Å². The molecule has 0 aromatic rings. The van der Waals surface area contributed by atoms with Gasteiger partial charge in [-0.3, -0.25) is 0 Å². The van der Waals surface area contributed by atoms with Crippen LogP contribution in [-0.2, 0) is 9.57 Å². The van der Waals surface area contributed by atoms with Crippen LogP contribution in [0.1, 0.15) is 6.42 Å². The fourth-order valence-electron chi connectivity index (χ4n) is 0.916. The molecule has 1 atom stereocenters. The Morgan fingerprint density at radius 1 is 1.78 bits per heavy atom. The summed E-state index contributed by atoms with van der Waals surface area (Å²) in [5.41, 5.74) is 2.64. The number of nitrogens with one attached hydrogen (secondary N) is 1. The maximum atomic E-state index is 5.15. The zero-order chi connectivity index (χ0) is 6.53. The minimum Gasteiger partial charge on any atom is -0.381 e. The molecule has 1 fully saturated rings. The Morgan fingerprint density at radius 2 is 2.67 bits per heavy atom. The highest BCUT2D eigenvalue weighted by Crippen LogP contribution is 2.11. The van der Waals surface area contributed by atoms with E-state index in [2.05, 4.69) is 5.48 Å². The van der Waals surface area contributed by atoms with Gasteiger partial charge in [-0.15, -0.1) is 0 Å². The van der Waals surface area contributed by atoms with Gasteiger partial charge in [0.1, 0.15) is 0 Å². The lowest BCUT2D eigenvalue weighted by Gasteiger charge is -2.05. The lowest BCUT2D eigenvalue weighted by molar-refractivity contribution is 0.0286. The van der Waals surface area contributed by atoms with Gasteiger partial charge in [-0.05, 0) is 6.42 Å². The minimum atomic E-state index is 0.609. The first kappa shape index (κ1) is 6.99. The van der Waals surface area contributed by atoms with Crippen molar-refractivity contribution in [2.75, 3.05) is 26.9 Å². The summed E-state index contributed by atoms with van der Waals surface area (Å²) in [6.45, 7) is 2.54. The first-order chi connectivity index (χ1) is 4.43. The Morgan fingerprint density at radius 3 is 3.22 bits per heavy atom. The van der Waals surface area contributed by atoms with Crippen molar-refractivity contribution in [2.24, 2.45) is 5.92 Å². The largest absolute Gasteiger partial charge is 0.381 e. The van der Waals surface area contributed by atoms with Gasteiger partial charge in [0.2, 0.25) is 0 Å². The molecular formula is C6H13NO2. The third-order valence-electron chi connectivity index (χ3n) is 1.49. The van der Waals surface area contributed by atoms with Gasteiger partial charge in [0.25, 0.3) is 0 Å². The van der Waals surface area contributed by atoms with E-state index in [0.29, 0.717) is 5.92 Å². The van der Waals surface area contributed by atoms with Crippen LogP contribution in [0.25, 0.3) is 0 Å². The Labute approximate surface area is 55.3 Å². The molecule has 0 aromatic heterocycles. The molecule has 0 aliphatic carbocycles. The first-order valence-corrected chi connectivity index (χ1v) is 3.29. The molecule has 1 rings (SSSR count). The second-order valence-corrected chi connectivity index (χ2v) is 2.24. The highest BCUT2D eigenvalue weighted by Gasteiger charge is 2.14. The summed E-state index contributed by atoms with van der Waals surface area (Å²) >= 11 is 0. The molecule has 0 amide bonds. The summed E-state index contributed by atoms with van der Waals surface area (Å²) in [7, 11) is 1.77. The van der Waals surface area contributed by atoms with Crippen LogP contribution in [0.3, 0.4) is 0 Å². The van der Waals surface area contributed by atoms with E-state index >= 15 is 0 Å². The van der Waals surface area contributed by atoms with Crippen molar-refractivity contribution in [3.63, 3.8) is 0 Å². The average Bonchev–Trinajstić information content (AvgIpc) is 2.34. The molecule has 9 heavy (non-hydrogen) atoms. The highest BCUT2D eigenvalue weighted by molar-refractivity contribution is 4.61. The van der Waals surface area contributed by atoms with Crippen molar-refractivity contribution >= 4 is 0 Å². The van der Waals surface area contributed by atoms with E-state index in [9.17, 15) is 0 Å². The molecule has 1 aliphatic rings. The SMILES string of the molecule is CNOCC1CCOC1. The summed E-state index contributed by atoms with van der Waals surface area (Å²) in [5, 5.41) is 0. The van der Waals surface area contributed by atoms with Gasteiger partial charge in [-0.25, -0.2) is 5.48 Å². The molecule has 1 heterocycles. The number of hydrogen-bond donors (Lipinski definition) is 1. The fraction of sp³-hybridized carbons (Fsp3) is 1.00. The second-order valence-electron chi connectivity index (χ2n) is 2.24. The number of hydrogen-bond acceptors (Lipinski definition) is 3. The van der Waals surface area contributed by atoms with E-state index in [4.69, 9.17) is 9.57 Å². The number of rotatable bonds is 3. The van der Waals surface area contributed by atoms with E-state index < -0.39 is 0 Å². The smallest absolute Gasteiger partial charge is 0.0733 e. The van der Waals surface area contributed by atoms with Crippen LogP contribution in [0.4, 0.5) is 0 Å². The van der Waals surface area contributed by atoms with Crippen molar-refractivity contribution in [1.29, 1.82) is 0 Å². The van der Waals surface area contributed by atoms with Gasteiger partial charge in [-0.2, -0.15) is 0 Å². The highest BCUT2D eigenvalue weighted by atomic mass is 16.6. The molecule has 0 radical (unpaired) electrons. The van der Waals surface area contributed by atoms with Crippen LogP contribution in [-0.4, -0.2) is 26.9 Å². The Hall–Kier alpha value is -0.120. The van der Waals surface area contributed by atoms with Gasteiger partial charge in [0.05, 0.1) is 13.2 Å². The molecule has 1 unspecified atom stereocenters. The standard InChI is InChI=1S/C6H13NO2/c1-7-9-5-6-2-3-8-4-6/h6-7H,2-5H2,1H3. The molecule has 3 heteroatoms. The van der Waals surface area contributed by atoms with Crippen molar-refractivity contribution < 1.29 is 9.57 Å². The second kappa shape index (κ2) is 3.82. The normalized spacial score (nSPS) is 27.0. The first-order valence-electron chi connectivity index (χ1n) is 3.29. The van der Waals surface area contributed by atoms with Crippen LogP contribution in [0.5, 0.6) is 0 Å². The Bertz CT molecular complexity index is 71.5. The van der Waals surface area contributed by atoms with Gasteiger partial charge in [0.15, 0.2) is 0 Å². The van der Waals surface area contributed by atoms with Crippen molar-refractivity contribution in [2.45, 2.75) is 6.42 Å². The monoisotopic (exact) mass is 131 g/mol. The summed E-state index contributed by atoms with van der Waals surface area (Å²) < 4.78 is 5.15. The van der Waals surface area contributed by atoms with Crippen LogP contribution in [0.15, 0.2) is 0 Å². The Balaban J connectivity index is 1.98. The van der Waals surface area contributed by atoms with E-state index in [1.54, 1.807) is 7.05 Å². The Kier molecular flexibility index (Phi) is 2.97. The molecule has 0 saturated carbocycles. The average molecular weight is 131 g/mol. The third kappa shape index (κ3) is 2.30. The van der Waals surface area contributed by atoms with Crippen LogP contribution < -0.4 is 5.48 Å². The van der Waals surface area contributed by atoms with Crippen LogP contribution in [0.2, 0.25) is 0 Å². The van der Waals surface area contributed by atoms with Crippen molar-refractivity contribution in [3.05, 3.63) is 0 Å². The van der Waals surface area contributed by atoms with Crippen LogP contribution in [0, 0.1) is 5.92 Å². The number of ether oxygens (including phenoxy) is 1. The van der Waals surface area contributed by atoms with E-state index in [-0.39, 0.29) is 0 Å². The van der Waals surface area contributed by atoms with Gasteiger partial charge in [-0.1, -0.05) is 0 Å². The zero-order valence-corrected chi connectivity index (χ0v) is 5.72. The van der Waals surface area contributed by atoms with Gasteiger partial charge < -0.3 is 9.57 Å². The van der Waals surface area contributed by atoms with E-state index in [1.807, 2.05) is 0 Å². The topological polar surface area (TPSA) is 30.5 Å².